The molecule has 0 aromatic carbocycles. The molecule has 2 heterocycles. The van der Waals surface area contributed by atoms with Crippen molar-refractivity contribution in [3.8, 4) is 0 Å². The second kappa shape index (κ2) is 14.6. The summed E-state index contributed by atoms with van der Waals surface area (Å²) in [4.78, 5) is 0. The highest BCUT2D eigenvalue weighted by Crippen LogP contribution is 2.59. The van der Waals surface area contributed by atoms with Crippen molar-refractivity contribution in [1.29, 1.82) is 0 Å². The normalized spacial score (nSPS) is 52.7. The van der Waals surface area contributed by atoms with Crippen molar-refractivity contribution in [3.05, 3.63) is 0 Å². The Balaban J connectivity index is 0.913. The third-order valence-corrected chi connectivity index (χ3v) is 18.5. The lowest BCUT2D eigenvalue weighted by molar-refractivity contribution is -0.0754. The minimum atomic E-state index is 0.469. The van der Waals surface area contributed by atoms with Crippen LogP contribution in [-0.4, -0.2) is 30.7 Å². The summed E-state index contributed by atoms with van der Waals surface area (Å²) < 4.78 is 7.52. The van der Waals surface area contributed by atoms with Gasteiger partial charge in [0.1, 0.15) is 0 Å². The Labute approximate surface area is 301 Å². The molecule has 49 heavy (non-hydrogen) atoms. The number of fused-ring (bicyclic) bond motifs is 7. The third-order valence-electron chi connectivity index (χ3n) is 18.5. The molecule has 10 fully saturated rings. The Morgan fingerprint density at radius 1 is 0.306 bits per heavy atom. The second-order valence-corrected chi connectivity index (χ2v) is 20.6. The van der Waals surface area contributed by atoms with Gasteiger partial charge in [-0.3, -0.25) is 16.0 Å². The van der Waals surface area contributed by atoms with Crippen LogP contribution in [0.4, 0.5) is 0 Å². The van der Waals surface area contributed by atoms with Gasteiger partial charge in [0.15, 0.2) is 0 Å². The zero-order valence-corrected chi connectivity index (χ0v) is 31.4. The van der Waals surface area contributed by atoms with Crippen molar-refractivity contribution in [2.24, 2.45) is 76.9 Å². The van der Waals surface area contributed by atoms with Crippen LogP contribution in [0.5, 0.6) is 0 Å². The van der Waals surface area contributed by atoms with Gasteiger partial charge in [0, 0.05) is 0 Å². The zero-order chi connectivity index (χ0) is 32.3. The van der Waals surface area contributed by atoms with E-state index >= 15 is 0 Å². The van der Waals surface area contributed by atoms with E-state index in [1.807, 2.05) is 0 Å². The van der Waals surface area contributed by atoms with Gasteiger partial charge < -0.3 is 4.74 Å². The Morgan fingerprint density at radius 3 is 1.59 bits per heavy atom. The van der Waals surface area contributed by atoms with Gasteiger partial charge in [-0.2, -0.15) is 0 Å². The molecule has 0 amide bonds. The molecule has 10 rings (SSSR count). The number of rotatable bonds is 4. The van der Waals surface area contributed by atoms with Crippen LogP contribution in [0.3, 0.4) is 0 Å². The van der Waals surface area contributed by atoms with Gasteiger partial charge in [-0.05, 0) is 154 Å². The minimum Gasteiger partial charge on any atom is -0.374 e. The van der Waals surface area contributed by atoms with E-state index in [2.05, 4.69) is 16.0 Å². The summed E-state index contributed by atoms with van der Waals surface area (Å²) in [5, 5.41) is 13.3. The molecule has 0 radical (unpaired) electrons. The first-order chi connectivity index (χ1) is 24.3. The molecular weight excluding hydrogens is 599 g/mol. The molecule has 0 bridgehead atoms. The average Bonchev–Trinajstić information content (AvgIpc) is 3.55. The van der Waals surface area contributed by atoms with Crippen LogP contribution in [0.2, 0.25) is 0 Å². The maximum Gasteiger partial charge on any atom is 0.0645 e. The molecule has 8 aliphatic carbocycles. The summed E-state index contributed by atoms with van der Waals surface area (Å²) >= 11 is 0. The molecule has 4 nitrogen and oxygen atoms in total. The van der Waals surface area contributed by atoms with Gasteiger partial charge in [-0.1, -0.05) is 96.3 Å². The Hall–Kier alpha value is -0.160. The van der Waals surface area contributed by atoms with Gasteiger partial charge in [0.2, 0.25) is 0 Å². The molecule has 0 aromatic rings. The van der Waals surface area contributed by atoms with Crippen molar-refractivity contribution >= 4 is 0 Å². The number of ether oxygens (including phenoxy) is 1. The first kappa shape index (κ1) is 33.4. The number of hydrogen-bond donors (Lipinski definition) is 3. The van der Waals surface area contributed by atoms with Crippen molar-refractivity contribution < 1.29 is 4.74 Å². The molecule has 0 spiro atoms. The van der Waals surface area contributed by atoms with Crippen LogP contribution in [-0.2, 0) is 4.74 Å². The van der Waals surface area contributed by atoms with Crippen molar-refractivity contribution in [3.63, 3.8) is 0 Å². The van der Waals surface area contributed by atoms with E-state index in [0.717, 1.165) is 76.9 Å². The molecule has 3 N–H and O–H groups in total. The average molecular weight is 674 g/mol. The Morgan fingerprint density at radius 2 is 0.816 bits per heavy atom. The highest BCUT2D eigenvalue weighted by molar-refractivity contribution is 5.08. The fraction of sp³-hybridized carbons (Fsp3) is 1.00. The first-order valence-electron chi connectivity index (χ1n) is 23.2. The van der Waals surface area contributed by atoms with Crippen LogP contribution >= 0.6 is 0 Å². The molecule has 2 aliphatic heterocycles. The van der Waals surface area contributed by atoms with Crippen molar-refractivity contribution in [2.45, 2.75) is 204 Å². The summed E-state index contributed by atoms with van der Waals surface area (Å²) in [6.45, 7) is 0. The van der Waals surface area contributed by atoms with Crippen LogP contribution in [0.25, 0.3) is 0 Å². The van der Waals surface area contributed by atoms with E-state index < -0.39 is 0 Å². The lowest BCUT2D eigenvalue weighted by Gasteiger charge is -2.54. The molecule has 0 aromatic heterocycles. The fourth-order valence-electron chi connectivity index (χ4n) is 16.2. The summed E-state index contributed by atoms with van der Waals surface area (Å²) in [5.74, 6) is 11.9. The molecule has 4 heteroatoms. The first-order valence-corrected chi connectivity index (χ1v) is 23.2. The molecule has 8 saturated carbocycles. The summed E-state index contributed by atoms with van der Waals surface area (Å²) in [5.41, 5.74) is 0. The largest absolute Gasteiger partial charge is 0.374 e. The van der Waals surface area contributed by atoms with Gasteiger partial charge >= 0.3 is 0 Å². The minimum absolute atomic E-state index is 0.469. The van der Waals surface area contributed by atoms with Crippen LogP contribution in [0, 0.1) is 76.9 Å². The van der Waals surface area contributed by atoms with E-state index in [9.17, 15) is 0 Å². The van der Waals surface area contributed by atoms with E-state index in [1.165, 1.54) is 148 Å². The highest BCUT2D eigenvalue weighted by Gasteiger charge is 2.59. The smallest absolute Gasteiger partial charge is 0.0645 e. The lowest BCUT2D eigenvalue weighted by Crippen LogP contribution is -2.73. The maximum absolute atomic E-state index is 7.52. The quantitative estimate of drug-likeness (QED) is 0.278. The summed E-state index contributed by atoms with van der Waals surface area (Å²) in [6, 6.07) is 0. The molecule has 2 saturated heterocycles. The maximum atomic E-state index is 7.52. The topological polar surface area (TPSA) is 45.3 Å². The van der Waals surface area contributed by atoms with E-state index in [-0.39, 0.29) is 0 Å². The van der Waals surface area contributed by atoms with E-state index in [0.29, 0.717) is 30.7 Å². The number of hydrogen-bond acceptors (Lipinski definition) is 4. The van der Waals surface area contributed by atoms with Gasteiger partial charge in [0.05, 0.1) is 30.7 Å². The summed E-state index contributed by atoms with van der Waals surface area (Å²) in [7, 11) is 0. The predicted octanol–water partition coefficient (Wildman–Crippen LogP) is 10.2. The number of nitrogens with one attached hydrogen (secondary N) is 3. The van der Waals surface area contributed by atoms with Crippen LogP contribution in [0.15, 0.2) is 0 Å². The second-order valence-electron chi connectivity index (χ2n) is 20.6. The molecule has 16 unspecified atom stereocenters. The molecular formula is C45H75N3O. The molecule has 10 aliphatic rings. The Kier molecular flexibility index (Phi) is 9.94. The standard InChI is InChI=1S/C45H75N3O/c1-3-11-28(12-4-1)37-23-24-38(41-39-26-31-16-7-8-17-32(31)27-40(39)49-42(37)41)45-47-43(30-14-5-2-6-15-30)46-44(48-45)34-21-22-36-33(25-34)20-19-29-13-9-10-18-35(29)36/h28-48H,1-27H2. The zero-order valence-electron chi connectivity index (χ0n) is 31.4. The highest BCUT2D eigenvalue weighted by atomic mass is 16.5. The Bertz CT molecular complexity index is 1100. The monoisotopic (exact) mass is 674 g/mol. The molecule has 276 valence electrons. The van der Waals surface area contributed by atoms with Crippen molar-refractivity contribution in [2.75, 3.05) is 0 Å². The summed E-state index contributed by atoms with van der Waals surface area (Å²) in [6.07, 6.45) is 42.7. The van der Waals surface area contributed by atoms with Crippen molar-refractivity contribution in [1.82, 2.24) is 16.0 Å². The van der Waals surface area contributed by atoms with Gasteiger partial charge in [-0.25, -0.2) is 0 Å². The van der Waals surface area contributed by atoms with Gasteiger partial charge in [0.25, 0.3) is 0 Å². The van der Waals surface area contributed by atoms with Crippen LogP contribution in [0.1, 0.15) is 173 Å². The van der Waals surface area contributed by atoms with Crippen LogP contribution < -0.4 is 16.0 Å². The molecule has 16 atom stereocenters. The fourth-order valence-corrected chi connectivity index (χ4v) is 16.2. The SMILES string of the molecule is C1CCC(C2NC(C3CCC4C(CCC5CCCCC54)C3)NC(C3CCC(C4CCCCC4)C4OC5CC6CCCCC6CC5C34)N2)CC1. The lowest BCUT2D eigenvalue weighted by atomic mass is 9.56. The third kappa shape index (κ3) is 6.45. The van der Waals surface area contributed by atoms with E-state index in [1.54, 1.807) is 25.7 Å². The van der Waals surface area contributed by atoms with E-state index in [4.69, 9.17) is 4.74 Å². The predicted molar refractivity (Wildman–Crippen MR) is 199 cm³/mol. The van der Waals surface area contributed by atoms with Gasteiger partial charge in [-0.15, -0.1) is 0 Å².